The maximum atomic E-state index is 12.1. The molecule has 27 heavy (non-hydrogen) atoms. The molecule has 0 atom stereocenters. The lowest BCUT2D eigenvalue weighted by atomic mass is 10.1. The van der Waals surface area contributed by atoms with E-state index in [0.717, 1.165) is 9.80 Å². The highest BCUT2D eigenvalue weighted by Gasteiger charge is 2.34. The number of carbonyl (C=O) groups excluding carboxylic acids is 3. The highest BCUT2D eigenvalue weighted by Crippen LogP contribution is 2.24. The first-order valence-corrected chi connectivity index (χ1v) is 7.71. The number of rotatable bonds is 6. The molecule has 0 radical (unpaired) electrons. The van der Waals surface area contributed by atoms with Gasteiger partial charge in [0.15, 0.2) is 0 Å². The van der Waals surface area contributed by atoms with Gasteiger partial charge in [0.25, 0.3) is 0 Å². The Morgan fingerprint density at radius 1 is 1.33 bits per heavy atom. The maximum Gasteiger partial charge on any atom is 0.387 e. The zero-order chi connectivity index (χ0) is 19.6. The van der Waals surface area contributed by atoms with E-state index in [1.807, 2.05) is 0 Å². The molecule has 1 fully saturated rings. The lowest BCUT2D eigenvalue weighted by Crippen LogP contribution is -2.36. The highest BCUT2D eigenvalue weighted by atomic mass is 19.3. The number of nitrogens with zero attached hydrogens (tertiary/aromatic N) is 3. The van der Waals surface area contributed by atoms with Crippen LogP contribution in [0.4, 0.5) is 19.5 Å². The average molecular weight is 380 g/mol. The van der Waals surface area contributed by atoms with Gasteiger partial charge in [0.1, 0.15) is 24.5 Å². The smallest absolute Gasteiger partial charge is 0.387 e. The minimum absolute atomic E-state index is 0.000525. The molecular weight excluding hydrogens is 366 g/mol. The summed E-state index contributed by atoms with van der Waals surface area (Å²) < 4.78 is 33.6. The molecule has 142 valence electrons. The third-order valence-corrected chi connectivity index (χ3v) is 3.74. The molecular formula is C16H14F2N4O5. The van der Waals surface area contributed by atoms with E-state index in [-0.39, 0.29) is 24.7 Å². The summed E-state index contributed by atoms with van der Waals surface area (Å²) in [7, 11) is 1.34. The van der Waals surface area contributed by atoms with Crippen molar-refractivity contribution in [1.29, 1.82) is 0 Å². The van der Waals surface area contributed by atoms with Gasteiger partial charge in [0, 0.05) is 18.7 Å². The van der Waals surface area contributed by atoms with Crippen LogP contribution in [-0.2, 0) is 9.59 Å². The number of alkyl halides is 2. The van der Waals surface area contributed by atoms with E-state index in [1.54, 1.807) is 0 Å². The van der Waals surface area contributed by atoms with E-state index in [4.69, 9.17) is 4.52 Å². The molecule has 1 saturated heterocycles. The molecule has 11 heteroatoms. The second kappa shape index (κ2) is 7.40. The third kappa shape index (κ3) is 4.19. The number of urea groups is 1. The van der Waals surface area contributed by atoms with Crippen LogP contribution < -0.4 is 10.1 Å². The topological polar surface area (TPSA) is 105 Å². The number of aromatic nitrogens is 1. The maximum absolute atomic E-state index is 12.1. The first kappa shape index (κ1) is 18.3. The Labute approximate surface area is 151 Å². The molecule has 0 saturated carbocycles. The lowest BCUT2D eigenvalue weighted by molar-refractivity contribution is -0.124. The van der Waals surface area contributed by atoms with Gasteiger partial charge in [-0.15, -0.1) is 0 Å². The summed E-state index contributed by atoms with van der Waals surface area (Å²) in [5, 5.41) is 6.21. The SMILES string of the molecule is CN1C(=O)CN(CC(=O)Nc2cc(-c3ccc(OC(F)F)cc3)no2)C1=O. The molecule has 9 nitrogen and oxygen atoms in total. The molecule has 1 aliphatic heterocycles. The van der Waals surface area contributed by atoms with Crippen molar-refractivity contribution in [3.8, 4) is 17.0 Å². The first-order chi connectivity index (χ1) is 12.8. The van der Waals surface area contributed by atoms with Crippen LogP contribution in [-0.4, -0.2) is 59.6 Å². The van der Waals surface area contributed by atoms with E-state index in [1.165, 1.54) is 37.4 Å². The van der Waals surface area contributed by atoms with Gasteiger partial charge in [0.2, 0.25) is 17.7 Å². The molecule has 1 aromatic carbocycles. The Kier molecular flexibility index (Phi) is 5.01. The third-order valence-electron chi connectivity index (χ3n) is 3.74. The van der Waals surface area contributed by atoms with Crippen molar-refractivity contribution in [3.63, 3.8) is 0 Å². The zero-order valence-electron chi connectivity index (χ0n) is 14.0. The van der Waals surface area contributed by atoms with Gasteiger partial charge in [-0.3, -0.25) is 19.8 Å². The molecule has 3 rings (SSSR count). The molecule has 0 bridgehead atoms. The minimum Gasteiger partial charge on any atom is -0.435 e. The zero-order valence-corrected chi connectivity index (χ0v) is 14.0. The summed E-state index contributed by atoms with van der Waals surface area (Å²) in [6.45, 7) is -3.40. The summed E-state index contributed by atoms with van der Waals surface area (Å²) >= 11 is 0. The monoisotopic (exact) mass is 380 g/mol. The number of imide groups is 1. The molecule has 0 aliphatic carbocycles. The van der Waals surface area contributed by atoms with Crippen molar-refractivity contribution in [3.05, 3.63) is 30.3 Å². The number of benzene rings is 1. The van der Waals surface area contributed by atoms with Crippen LogP contribution in [0.5, 0.6) is 5.75 Å². The van der Waals surface area contributed by atoms with Gasteiger partial charge >= 0.3 is 12.6 Å². The van der Waals surface area contributed by atoms with Crippen molar-refractivity contribution in [2.24, 2.45) is 0 Å². The molecule has 4 amide bonds. The molecule has 0 unspecified atom stereocenters. The van der Waals surface area contributed by atoms with Gasteiger partial charge in [0.05, 0.1) is 0 Å². The lowest BCUT2D eigenvalue weighted by Gasteiger charge is -2.13. The van der Waals surface area contributed by atoms with Crippen molar-refractivity contribution in [1.82, 2.24) is 15.0 Å². The van der Waals surface area contributed by atoms with Crippen molar-refractivity contribution in [2.75, 3.05) is 25.5 Å². The minimum atomic E-state index is -2.91. The van der Waals surface area contributed by atoms with Crippen molar-refractivity contribution >= 4 is 23.7 Å². The largest absolute Gasteiger partial charge is 0.435 e. The molecule has 2 heterocycles. The summed E-state index contributed by atoms with van der Waals surface area (Å²) in [5.41, 5.74) is 0.920. The second-order valence-corrected chi connectivity index (χ2v) is 5.62. The van der Waals surface area contributed by atoms with Crippen LogP contribution in [0.2, 0.25) is 0 Å². The number of amides is 4. The van der Waals surface area contributed by atoms with Gasteiger partial charge < -0.3 is 14.2 Å². The van der Waals surface area contributed by atoms with Crippen LogP contribution >= 0.6 is 0 Å². The summed E-state index contributed by atoms with van der Waals surface area (Å²) in [5.74, 6) is -0.918. The fourth-order valence-electron chi connectivity index (χ4n) is 2.41. The number of halogens is 2. The number of carbonyl (C=O) groups is 3. The van der Waals surface area contributed by atoms with Crippen LogP contribution in [0.25, 0.3) is 11.3 Å². The Hall–Kier alpha value is -3.50. The average Bonchev–Trinajstić information content (AvgIpc) is 3.16. The molecule has 2 aromatic rings. The van der Waals surface area contributed by atoms with E-state index in [9.17, 15) is 23.2 Å². The van der Waals surface area contributed by atoms with E-state index >= 15 is 0 Å². The predicted molar refractivity (Wildman–Crippen MR) is 86.9 cm³/mol. The number of ether oxygens (including phenoxy) is 1. The van der Waals surface area contributed by atoms with Crippen molar-refractivity contribution in [2.45, 2.75) is 6.61 Å². The normalized spacial score (nSPS) is 14.2. The Morgan fingerprint density at radius 3 is 2.63 bits per heavy atom. The van der Waals surface area contributed by atoms with Gasteiger partial charge in [-0.2, -0.15) is 8.78 Å². The summed E-state index contributed by atoms with van der Waals surface area (Å²) in [6, 6.07) is 6.59. The van der Waals surface area contributed by atoms with Gasteiger partial charge in [-0.05, 0) is 24.3 Å². The van der Waals surface area contributed by atoms with E-state index in [0.29, 0.717) is 11.3 Å². The molecule has 1 aromatic heterocycles. The molecule has 1 aliphatic rings. The van der Waals surface area contributed by atoms with Crippen LogP contribution in [0.3, 0.4) is 0 Å². The van der Waals surface area contributed by atoms with Crippen molar-refractivity contribution < 1.29 is 32.4 Å². The van der Waals surface area contributed by atoms with Crippen LogP contribution in [0, 0.1) is 0 Å². The fourth-order valence-corrected chi connectivity index (χ4v) is 2.41. The van der Waals surface area contributed by atoms with Gasteiger partial charge in [-0.1, -0.05) is 5.16 Å². The number of hydrogen-bond donors (Lipinski definition) is 1. The highest BCUT2D eigenvalue weighted by molar-refractivity contribution is 6.04. The second-order valence-electron chi connectivity index (χ2n) is 5.62. The summed E-state index contributed by atoms with van der Waals surface area (Å²) in [6.07, 6.45) is 0. The van der Waals surface area contributed by atoms with Gasteiger partial charge in [-0.25, -0.2) is 4.79 Å². The number of anilines is 1. The quantitative estimate of drug-likeness (QED) is 0.766. The first-order valence-electron chi connectivity index (χ1n) is 7.71. The van der Waals surface area contributed by atoms with Crippen LogP contribution in [0.15, 0.2) is 34.9 Å². The van der Waals surface area contributed by atoms with E-state index < -0.39 is 24.5 Å². The Balaban J connectivity index is 1.60. The number of likely N-dealkylation sites (N-methyl/N-ethyl adjacent to an activating group) is 1. The predicted octanol–water partition coefficient (Wildman–Crippen LogP) is 1.78. The summed E-state index contributed by atoms with van der Waals surface area (Å²) in [4.78, 5) is 37.2. The van der Waals surface area contributed by atoms with Crippen LogP contribution in [0.1, 0.15) is 0 Å². The Morgan fingerprint density at radius 2 is 2.04 bits per heavy atom. The van der Waals surface area contributed by atoms with E-state index in [2.05, 4.69) is 15.2 Å². The number of hydrogen-bond acceptors (Lipinski definition) is 6. The Bertz CT molecular complexity index is 868. The molecule has 1 N–H and O–H groups in total. The molecule has 0 spiro atoms. The standard InChI is InChI=1S/C16H14F2N4O5/c1-21-14(24)8-22(16(21)25)7-12(23)19-13-6-11(20-27-13)9-2-4-10(5-3-9)26-15(17)18/h2-6,15H,7-8H2,1H3,(H,19,23). The fraction of sp³-hybridized carbons (Fsp3) is 0.250. The number of nitrogens with one attached hydrogen (secondary N) is 1.